The molecule has 0 aliphatic carbocycles. The number of hydrogen-bond acceptors (Lipinski definition) is 6. The first-order valence-electron chi connectivity index (χ1n) is 6.65. The second-order valence-electron chi connectivity index (χ2n) is 5.38. The number of hydrogen-bond donors (Lipinski definition) is 4. The Balaban J connectivity index is 4.73. The van der Waals surface area contributed by atoms with Gasteiger partial charge in [0.25, 0.3) is 5.91 Å². The largest absolute Gasteiger partial charge is 0.396 e. The summed E-state index contributed by atoms with van der Waals surface area (Å²) in [7, 11) is 0. The predicted octanol–water partition coefficient (Wildman–Crippen LogP) is -0.823. The van der Waals surface area contributed by atoms with Gasteiger partial charge >= 0.3 is 0 Å². The van der Waals surface area contributed by atoms with Crippen LogP contribution in [-0.2, 0) is 14.4 Å². The highest BCUT2D eigenvalue weighted by Crippen LogP contribution is 2.21. The smallest absolute Gasteiger partial charge is 0.258 e. The Morgan fingerprint density at radius 3 is 2.33 bits per heavy atom. The first-order chi connectivity index (χ1) is 9.67. The van der Waals surface area contributed by atoms with Gasteiger partial charge in [-0.05, 0) is 0 Å². The summed E-state index contributed by atoms with van der Waals surface area (Å²) in [6, 6.07) is 0. The van der Waals surface area contributed by atoms with Crippen molar-refractivity contribution in [3.8, 4) is 0 Å². The molecule has 7 nitrogen and oxygen atoms in total. The standard InChI is InChI=1S/C13H24N2O5S/c1-9(17)15(6-4-10(18)14-5-7-21)12(20)11(19)13(2,3)8-16/h11,16,19,21H,4-8H2,1-3H3,(H,14,18)/t11-/m0/s1. The normalized spacial score (nSPS) is 12.7. The Labute approximate surface area is 130 Å². The highest BCUT2D eigenvalue weighted by Gasteiger charge is 2.37. The lowest BCUT2D eigenvalue weighted by Gasteiger charge is -2.31. The van der Waals surface area contributed by atoms with Crippen LogP contribution >= 0.6 is 12.6 Å². The van der Waals surface area contributed by atoms with Gasteiger partial charge in [0, 0.05) is 37.6 Å². The van der Waals surface area contributed by atoms with Crippen LogP contribution in [0.5, 0.6) is 0 Å². The molecule has 0 bridgehead atoms. The fraction of sp³-hybridized carbons (Fsp3) is 0.769. The van der Waals surface area contributed by atoms with Crippen molar-refractivity contribution in [2.75, 3.05) is 25.4 Å². The molecule has 0 aromatic heterocycles. The van der Waals surface area contributed by atoms with Crippen LogP contribution in [0.4, 0.5) is 0 Å². The van der Waals surface area contributed by atoms with E-state index in [1.165, 1.54) is 20.8 Å². The summed E-state index contributed by atoms with van der Waals surface area (Å²) in [4.78, 5) is 35.9. The maximum Gasteiger partial charge on any atom is 0.258 e. The van der Waals surface area contributed by atoms with Crippen molar-refractivity contribution >= 4 is 30.4 Å². The molecule has 0 aromatic rings. The van der Waals surface area contributed by atoms with E-state index >= 15 is 0 Å². The lowest BCUT2D eigenvalue weighted by molar-refractivity contribution is -0.155. The zero-order valence-electron chi connectivity index (χ0n) is 12.6. The van der Waals surface area contributed by atoms with Gasteiger partial charge in [-0.2, -0.15) is 12.6 Å². The zero-order chi connectivity index (χ0) is 16.6. The van der Waals surface area contributed by atoms with Gasteiger partial charge in [-0.3, -0.25) is 19.3 Å². The fourth-order valence-electron chi connectivity index (χ4n) is 1.49. The minimum absolute atomic E-state index is 0.0502. The molecule has 8 heteroatoms. The third-order valence-electron chi connectivity index (χ3n) is 3.02. The van der Waals surface area contributed by atoms with Crippen LogP contribution in [0.2, 0.25) is 0 Å². The van der Waals surface area contributed by atoms with Gasteiger partial charge in [-0.15, -0.1) is 0 Å². The molecule has 0 rings (SSSR count). The lowest BCUT2D eigenvalue weighted by Crippen LogP contribution is -2.50. The van der Waals surface area contributed by atoms with E-state index in [-0.39, 0.29) is 18.9 Å². The molecule has 122 valence electrons. The monoisotopic (exact) mass is 320 g/mol. The summed E-state index contributed by atoms with van der Waals surface area (Å²) in [5.41, 5.74) is -1.07. The first-order valence-corrected chi connectivity index (χ1v) is 7.29. The van der Waals surface area contributed by atoms with Gasteiger partial charge in [-0.1, -0.05) is 13.8 Å². The number of carbonyl (C=O) groups excluding carboxylic acids is 3. The summed E-state index contributed by atoms with van der Waals surface area (Å²) in [5.74, 6) is -1.19. The Morgan fingerprint density at radius 2 is 1.90 bits per heavy atom. The van der Waals surface area contributed by atoms with Crippen LogP contribution in [0.1, 0.15) is 27.2 Å². The Morgan fingerprint density at radius 1 is 1.33 bits per heavy atom. The van der Waals surface area contributed by atoms with E-state index in [2.05, 4.69) is 17.9 Å². The highest BCUT2D eigenvalue weighted by atomic mass is 32.1. The van der Waals surface area contributed by atoms with Crippen molar-refractivity contribution in [1.82, 2.24) is 10.2 Å². The zero-order valence-corrected chi connectivity index (χ0v) is 13.5. The summed E-state index contributed by atoms with van der Waals surface area (Å²) in [6.07, 6.45) is -1.57. The molecule has 0 spiro atoms. The maximum atomic E-state index is 12.1. The average Bonchev–Trinajstić information content (AvgIpc) is 2.43. The molecule has 3 N–H and O–H groups in total. The van der Waals surface area contributed by atoms with Gasteiger partial charge in [0.15, 0.2) is 0 Å². The molecule has 0 aromatic carbocycles. The van der Waals surface area contributed by atoms with E-state index in [1.54, 1.807) is 0 Å². The van der Waals surface area contributed by atoms with Crippen LogP contribution in [0.3, 0.4) is 0 Å². The van der Waals surface area contributed by atoms with Crippen molar-refractivity contribution in [2.45, 2.75) is 33.3 Å². The maximum absolute atomic E-state index is 12.1. The number of carbonyl (C=O) groups is 3. The molecule has 0 heterocycles. The Bertz CT molecular complexity index is 387. The van der Waals surface area contributed by atoms with E-state index in [0.717, 1.165) is 4.90 Å². The first kappa shape index (κ1) is 19.9. The molecule has 0 saturated heterocycles. The molecule has 3 amide bonds. The fourth-order valence-corrected chi connectivity index (χ4v) is 1.60. The molecule has 0 saturated carbocycles. The summed E-state index contributed by atoms with van der Waals surface area (Å²) < 4.78 is 0. The topological polar surface area (TPSA) is 107 Å². The molecule has 0 aliphatic heterocycles. The third-order valence-corrected chi connectivity index (χ3v) is 3.25. The van der Waals surface area contributed by atoms with Crippen molar-refractivity contribution in [2.24, 2.45) is 5.41 Å². The van der Waals surface area contributed by atoms with Crippen LogP contribution in [0, 0.1) is 5.41 Å². The molecular formula is C13H24N2O5S. The lowest BCUT2D eigenvalue weighted by atomic mass is 9.86. The van der Waals surface area contributed by atoms with E-state index in [9.17, 15) is 19.5 Å². The van der Waals surface area contributed by atoms with Gasteiger partial charge in [-0.25, -0.2) is 0 Å². The molecular weight excluding hydrogens is 296 g/mol. The molecule has 1 atom stereocenters. The number of imide groups is 1. The van der Waals surface area contributed by atoms with Gasteiger partial charge < -0.3 is 15.5 Å². The summed E-state index contributed by atoms with van der Waals surface area (Å²) in [6.45, 7) is 4.07. The van der Waals surface area contributed by atoms with Crippen molar-refractivity contribution < 1.29 is 24.6 Å². The van der Waals surface area contributed by atoms with Crippen molar-refractivity contribution in [3.05, 3.63) is 0 Å². The van der Waals surface area contributed by atoms with Gasteiger partial charge in [0.1, 0.15) is 6.10 Å². The number of nitrogens with zero attached hydrogens (tertiary/aromatic N) is 1. The molecule has 0 unspecified atom stereocenters. The van der Waals surface area contributed by atoms with E-state index < -0.39 is 29.9 Å². The molecule has 0 radical (unpaired) electrons. The average molecular weight is 320 g/mol. The SMILES string of the molecule is CC(=O)N(CCC(=O)NCCS)C(=O)[C@H](O)C(C)(C)CO. The quantitative estimate of drug-likeness (QED) is 0.437. The van der Waals surface area contributed by atoms with Crippen LogP contribution in [0.25, 0.3) is 0 Å². The second-order valence-corrected chi connectivity index (χ2v) is 5.83. The van der Waals surface area contributed by atoms with E-state index in [0.29, 0.717) is 12.3 Å². The Hall–Kier alpha value is -1.12. The number of aliphatic hydroxyl groups is 2. The molecule has 0 aliphatic rings. The van der Waals surface area contributed by atoms with E-state index in [1.807, 2.05) is 0 Å². The van der Waals surface area contributed by atoms with Crippen LogP contribution in [-0.4, -0.2) is 64.4 Å². The Kier molecular flexibility index (Phi) is 8.53. The van der Waals surface area contributed by atoms with Crippen LogP contribution in [0.15, 0.2) is 0 Å². The molecule has 21 heavy (non-hydrogen) atoms. The minimum atomic E-state index is -1.52. The van der Waals surface area contributed by atoms with Crippen molar-refractivity contribution in [3.63, 3.8) is 0 Å². The van der Waals surface area contributed by atoms with Gasteiger partial charge in [0.05, 0.1) is 6.61 Å². The summed E-state index contributed by atoms with van der Waals surface area (Å²) in [5, 5.41) is 21.7. The predicted molar refractivity (Wildman–Crippen MR) is 80.7 cm³/mol. The van der Waals surface area contributed by atoms with Crippen LogP contribution < -0.4 is 5.32 Å². The van der Waals surface area contributed by atoms with Gasteiger partial charge in [0.2, 0.25) is 11.8 Å². The molecule has 0 fully saturated rings. The third kappa shape index (κ3) is 6.45. The van der Waals surface area contributed by atoms with E-state index in [4.69, 9.17) is 5.11 Å². The number of rotatable bonds is 8. The minimum Gasteiger partial charge on any atom is -0.396 e. The number of thiol groups is 1. The number of nitrogens with one attached hydrogen (secondary N) is 1. The highest BCUT2D eigenvalue weighted by molar-refractivity contribution is 7.80. The summed E-state index contributed by atoms with van der Waals surface area (Å²) >= 11 is 3.95. The second kappa shape index (κ2) is 9.01. The van der Waals surface area contributed by atoms with Crippen molar-refractivity contribution in [1.29, 1.82) is 0 Å². The number of aliphatic hydroxyl groups excluding tert-OH is 2. The number of amides is 3.